The molecule has 1 saturated carbocycles. The minimum Gasteiger partial charge on any atom is -0.466 e. The number of H-pyrrole nitrogens is 1. The van der Waals surface area contributed by atoms with E-state index in [0.29, 0.717) is 12.4 Å². The van der Waals surface area contributed by atoms with Crippen LogP contribution in [0.15, 0.2) is 11.0 Å². The summed E-state index contributed by atoms with van der Waals surface area (Å²) in [6, 6.07) is 0. The number of aryl methyl sites for hydroxylation is 1. The molecule has 1 N–H and O–H groups in total. The van der Waals surface area contributed by atoms with E-state index in [9.17, 15) is 9.59 Å². The maximum Gasteiger partial charge on any atom is 0.308 e. The van der Waals surface area contributed by atoms with Gasteiger partial charge in [-0.1, -0.05) is 0 Å². The third kappa shape index (κ3) is 3.22. The number of aromatic nitrogens is 2. The van der Waals surface area contributed by atoms with Crippen molar-refractivity contribution in [1.82, 2.24) is 9.97 Å². The van der Waals surface area contributed by atoms with E-state index in [1.807, 2.05) is 6.92 Å². The molecule has 1 heterocycles. The van der Waals surface area contributed by atoms with E-state index < -0.39 is 0 Å². The van der Waals surface area contributed by atoms with Crippen LogP contribution in [-0.4, -0.2) is 22.5 Å². The van der Waals surface area contributed by atoms with Crippen LogP contribution >= 0.6 is 0 Å². The fraction of sp³-hybridized carbons (Fsp3) is 0.643. The Balaban J connectivity index is 2.00. The highest BCUT2D eigenvalue weighted by Crippen LogP contribution is 2.34. The number of carbonyl (C=O) groups excluding carboxylic acids is 1. The van der Waals surface area contributed by atoms with Gasteiger partial charge in [-0.2, -0.15) is 0 Å². The molecule has 0 unspecified atom stereocenters. The molecule has 1 aliphatic carbocycles. The Labute approximate surface area is 112 Å². The van der Waals surface area contributed by atoms with Crippen molar-refractivity contribution >= 4 is 5.97 Å². The number of nitrogens with zero attached hydrogens (tertiary/aromatic N) is 1. The van der Waals surface area contributed by atoms with Gasteiger partial charge < -0.3 is 9.72 Å². The van der Waals surface area contributed by atoms with Crippen molar-refractivity contribution in [1.29, 1.82) is 0 Å². The van der Waals surface area contributed by atoms with Crippen molar-refractivity contribution in [2.24, 2.45) is 5.92 Å². The third-order valence-electron chi connectivity index (χ3n) is 3.74. The molecule has 5 heteroatoms. The van der Waals surface area contributed by atoms with Gasteiger partial charge in [0.1, 0.15) is 5.82 Å². The van der Waals surface area contributed by atoms with Gasteiger partial charge in [0.15, 0.2) is 0 Å². The standard InChI is InChI=1S/C14H20N2O3/c1-3-19-14(18)11-6-4-10(5-7-11)12-8-15-9(2)16-13(12)17/h8,10-11H,3-7H2,1-2H3,(H,15,16,17). The molecule has 0 amide bonds. The largest absolute Gasteiger partial charge is 0.466 e. The van der Waals surface area contributed by atoms with Crippen molar-refractivity contribution < 1.29 is 9.53 Å². The summed E-state index contributed by atoms with van der Waals surface area (Å²) in [5, 5.41) is 0. The molecule has 1 aromatic rings. The van der Waals surface area contributed by atoms with Crippen molar-refractivity contribution in [2.45, 2.75) is 45.4 Å². The summed E-state index contributed by atoms with van der Waals surface area (Å²) in [5.74, 6) is 0.738. The quantitative estimate of drug-likeness (QED) is 0.846. The number of ether oxygens (including phenoxy) is 1. The van der Waals surface area contributed by atoms with Crippen LogP contribution < -0.4 is 5.56 Å². The van der Waals surface area contributed by atoms with Crippen LogP contribution in [0.4, 0.5) is 0 Å². The smallest absolute Gasteiger partial charge is 0.308 e. The summed E-state index contributed by atoms with van der Waals surface area (Å²) in [5.41, 5.74) is 0.694. The van der Waals surface area contributed by atoms with Crippen LogP contribution in [0, 0.1) is 12.8 Å². The first-order chi connectivity index (χ1) is 9.11. The van der Waals surface area contributed by atoms with E-state index in [4.69, 9.17) is 4.74 Å². The lowest BCUT2D eigenvalue weighted by molar-refractivity contribution is -0.149. The molecule has 104 valence electrons. The maximum atomic E-state index is 11.9. The normalized spacial score (nSPS) is 23.1. The van der Waals surface area contributed by atoms with Crippen LogP contribution in [0.25, 0.3) is 0 Å². The van der Waals surface area contributed by atoms with Gasteiger partial charge in [-0.3, -0.25) is 9.59 Å². The fourth-order valence-electron chi connectivity index (χ4n) is 2.68. The predicted octanol–water partition coefficient (Wildman–Crippen LogP) is 1.92. The van der Waals surface area contributed by atoms with E-state index in [1.54, 1.807) is 13.1 Å². The number of aromatic amines is 1. The Morgan fingerprint density at radius 2 is 2.11 bits per heavy atom. The predicted molar refractivity (Wildman–Crippen MR) is 70.9 cm³/mol. The average Bonchev–Trinajstić information content (AvgIpc) is 2.39. The molecule has 2 rings (SSSR count). The van der Waals surface area contributed by atoms with E-state index in [2.05, 4.69) is 9.97 Å². The molecule has 0 radical (unpaired) electrons. The molecule has 1 aliphatic rings. The van der Waals surface area contributed by atoms with Gasteiger partial charge in [-0.25, -0.2) is 4.98 Å². The van der Waals surface area contributed by atoms with Crippen molar-refractivity contribution in [3.8, 4) is 0 Å². The zero-order valence-electron chi connectivity index (χ0n) is 11.4. The molecular weight excluding hydrogens is 244 g/mol. The lowest BCUT2D eigenvalue weighted by atomic mass is 9.79. The Morgan fingerprint density at radius 1 is 1.42 bits per heavy atom. The number of hydrogen-bond acceptors (Lipinski definition) is 4. The molecule has 0 atom stereocenters. The average molecular weight is 264 g/mol. The minimum absolute atomic E-state index is 0.00584. The highest BCUT2D eigenvalue weighted by molar-refractivity contribution is 5.72. The van der Waals surface area contributed by atoms with Crippen LogP contribution in [0.5, 0.6) is 0 Å². The summed E-state index contributed by atoms with van der Waals surface area (Å²) < 4.78 is 5.04. The Kier molecular flexibility index (Phi) is 4.35. The molecule has 0 saturated heterocycles. The van der Waals surface area contributed by atoms with E-state index in [1.165, 1.54) is 0 Å². The lowest BCUT2D eigenvalue weighted by Crippen LogP contribution is -2.26. The van der Waals surface area contributed by atoms with E-state index in [-0.39, 0.29) is 23.4 Å². The molecule has 0 aliphatic heterocycles. The second-order valence-electron chi connectivity index (χ2n) is 5.05. The Hall–Kier alpha value is -1.65. The molecule has 0 bridgehead atoms. The Bertz CT molecular complexity index is 502. The number of esters is 1. The summed E-state index contributed by atoms with van der Waals surface area (Å²) in [6.07, 6.45) is 4.94. The molecule has 1 fully saturated rings. The van der Waals surface area contributed by atoms with Gasteiger partial charge in [-0.05, 0) is 45.4 Å². The summed E-state index contributed by atoms with van der Waals surface area (Å²) in [4.78, 5) is 30.4. The zero-order chi connectivity index (χ0) is 13.8. The van der Waals surface area contributed by atoms with Crippen molar-refractivity contribution in [3.05, 3.63) is 27.9 Å². The Morgan fingerprint density at radius 3 is 2.68 bits per heavy atom. The highest BCUT2D eigenvalue weighted by Gasteiger charge is 2.29. The van der Waals surface area contributed by atoms with Gasteiger partial charge >= 0.3 is 5.97 Å². The molecule has 19 heavy (non-hydrogen) atoms. The number of carbonyl (C=O) groups is 1. The van der Waals surface area contributed by atoms with Gasteiger partial charge in [-0.15, -0.1) is 0 Å². The number of rotatable bonds is 3. The molecule has 0 spiro atoms. The van der Waals surface area contributed by atoms with E-state index >= 15 is 0 Å². The second kappa shape index (κ2) is 5.99. The van der Waals surface area contributed by atoms with Crippen LogP contribution in [-0.2, 0) is 9.53 Å². The number of hydrogen-bond donors (Lipinski definition) is 1. The van der Waals surface area contributed by atoms with Gasteiger partial charge in [0.2, 0.25) is 0 Å². The zero-order valence-corrected chi connectivity index (χ0v) is 11.4. The highest BCUT2D eigenvalue weighted by atomic mass is 16.5. The maximum absolute atomic E-state index is 11.9. The van der Waals surface area contributed by atoms with Crippen LogP contribution in [0.2, 0.25) is 0 Å². The first-order valence-electron chi connectivity index (χ1n) is 6.84. The van der Waals surface area contributed by atoms with Crippen LogP contribution in [0.3, 0.4) is 0 Å². The topological polar surface area (TPSA) is 72.0 Å². The van der Waals surface area contributed by atoms with Gasteiger partial charge in [0.05, 0.1) is 12.5 Å². The lowest BCUT2D eigenvalue weighted by Gasteiger charge is -2.26. The minimum atomic E-state index is -0.100. The second-order valence-corrected chi connectivity index (χ2v) is 5.05. The first-order valence-corrected chi connectivity index (χ1v) is 6.84. The molecule has 1 aromatic heterocycles. The molecular formula is C14H20N2O3. The third-order valence-corrected chi connectivity index (χ3v) is 3.74. The monoisotopic (exact) mass is 264 g/mol. The van der Waals surface area contributed by atoms with Crippen molar-refractivity contribution in [3.63, 3.8) is 0 Å². The van der Waals surface area contributed by atoms with Gasteiger partial charge in [0.25, 0.3) is 5.56 Å². The van der Waals surface area contributed by atoms with Gasteiger partial charge in [0, 0.05) is 11.8 Å². The summed E-state index contributed by atoms with van der Waals surface area (Å²) in [7, 11) is 0. The first kappa shape index (κ1) is 13.8. The van der Waals surface area contributed by atoms with Crippen LogP contribution in [0.1, 0.15) is 49.9 Å². The van der Waals surface area contributed by atoms with E-state index in [0.717, 1.165) is 31.2 Å². The summed E-state index contributed by atoms with van der Waals surface area (Å²) in [6.45, 7) is 4.02. The number of nitrogens with one attached hydrogen (secondary N) is 1. The SMILES string of the molecule is CCOC(=O)C1CCC(c2cnc(C)[nH]c2=O)CC1. The summed E-state index contributed by atoms with van der Waals surface area (Å²) >= 11 is 0. The fourth-order valence-corrected chi connectivity index (χ4v) is 2.68. The molecule has 5 nitrogen and oxygen atoms in total. The van der Waals surface area contributed by atoms with Crippen molar-refractivity contribution in [2.75, 3.05) is 6.61 Å². The molecule has 0 aromatic carbocycles.